The molecule has 0 saturated carbocycles. The van der Waals surface area contributed by atoms with Gasteiger partial charge in [0.2, 0.25) is 5.66 Å². The zero-order valence-electron chi connectivity index (χ0n) is 17.0. The van der Waals surface area contributed by atoms with Crippen molar-refractivity contribution in [1.29, 1.82) is 0 Å². The number of aryl methyl sites for hydroxylation is 1. The molecule has 1 aromatic heterocycles. The minimum Gasteiger partial charge on any atom is -0.350 e. The second-order valence-electron chi connectivity index (χ2n) is 8.12. The Labute approximate surface area is 175 Å². The first-order valence-corrected chi connectivity index (χ1v) is 10.4. The normalized spacial score (nSPS) is 19.0. The average Bonchev–Trinajstić information content (AvgIpc) is 3.25. The third kappa shape index (κ3) is 2.02. The molecule has 5 nitrogen and oxygen atoms in total. The molecule has 0 radical (unpaired) electrons. The Morgan fingerprint density at radius 2 is 1.83 bits per heavy atom. The summed E-state index contributed by atoms with van der Waals surface area (Å²) in [5, 5.41) is 3.66. The van der Waals surface area contributed by atoms with Gasteiger partial charge in [0.25, 0.3) is 5.91 Å². The number of aromatic nitrogens is 2. The predicted molar refractivity (Wildman–Crippen MR) is 120 cm³/mol. The van der Waals surface area contributed by atoms with E-state index in [1.165, 1.54) is 0 Å². The van der Waals surface area contributed by atoms with E-state index in [2.05, 4.69) is 54.1 Å². The van der Waals surface area contributed by atoms with Crippen molar-refractivity contribution in [3.8, 4) is 11.4 Å². The van der Waals surface area contributed by atoms with Crippen LogP contribution in [0.5, 0.6) is 0 Å². The summed E-state index contributed by atoms with van der Waals surface area (Å²) >= 11 is 0. The Kier molecular flexibility index (Phi) is 3.43. The van der Waals surface area contributed by atoms with Crippen LogP contribution in [0.4, 0.5) is 11.4 Å². The van der Waals surface area contributed by atoms with Crippen molar-refractivity contribution in [2.24, 2.45) is 0 Å². The lowest BCUT2D eigenvalue weighted by atomic mass is 9.94. The number of nitrogens with one attached hydrogen (secondary N) is 1. The van der Waals surface area contributed by atoms with Gasteiger partial charge in [-0.1, -0.05) is 42.8 Å². The van der Waals surface area contributed by atoms with Gasteiger partial charge in [0.15, 0.2) is 0 Å². The smallest absolute Gasteiger partial charge is 0.279 e. The molecule has 3 heterocycles. The van der Waals surface area contributed by atoms with Crippen molar-refractivity contribution >= 4 is 28.3 Å². The molecule has 2 aliphatic rings. The molecular weight excluding hydrogens is 372 g/mol. The van der Waals surface area contributed by atoms with Crippen LogP contribution >= 0.6 is 0 Å². The SMILES string of the molecule is CCCN1C(=O)C2(Nc3ccccc3-c3nc4ccccc4n32)c2cc(C)ccc21. The fraction of sp³-hybridized carbons (Fsp3) is 0.200. The van der Waals surface area contributed by atoms with E-state index in [1.807, 2.05) is 41.3 Å². The van der Waals surface area contributed by atoms with Crippen LogP contribution in [0.2, 0.25) is 0 Å². The van der Waals surface area contributed by atoms with Gasteiger partial charge in [0, 0.05) is 23.4 Å². The van der Waals surface area contributed by atoms with Crippen LogP contribution < -0.4 is 10.2 Å². The summed E-state index contributed by atoms with van der Waals surface area (Å²) in [7, 11) is 0. The molecule has 30 heavy (non-hydrogen) atoms. The molecule has 1 atom stereocenters. The number of hydrogen-bond donors (Lipinski definition) is 1. The van der Waals surface area contributed by atoms with Crippen LogP contribution in [0.15, 0.2) is 66.7 Å². The van der Waals surface area contributed by atoms with E-state index in [4.69, 9.17) is 4.98 Å². The van der Waals surface area contributed by atoms with Gasteiger partial charge in [-0.15, -0.1) is 0 Å². The summed E-state index contributed by atoms with van der Waals surface area (Å²) in [6.45, 7) is 4.86. The van der Waals surface area contributed by atoms with Gasteiger partial charge < -0.3 is 10.2 Å². The monoisotopic (exact) mass is 394 g/mol. The molecule has 3 aromatic carbocycles. The predicted octanol–water partition coefficient (Wildman–Crippen LogP) is 4.89. The topological polar surface area (TPSA) is 50.2 Å². The number of fused-ring (bicyclic) bond motifs is 8. The van der Waals surface area contributed by atoms with E-state index in [0.29, 0.717) is 6.54 Å². The first-order chi connectivity index (χ1) is 14.6. The summed E-state index contributed by atoms with van der Waals surface area (Å²) in [5.74, 6) is 0.869. The second-order valence-corrected chi connectivity index (χ2v) is 8.12. The molecule has 4 aromatic rings. The Morgan fingerprint density at radius 3 is 2.70 bits per heavy atom. The second kappa shape index (κ2) is 5.95. The number of amides is 1. The molecule has 1 N–H and O–H groups in total. The van der Waals surface area contributed by atoms with Crippen LogP contribution in [0.25, 0.3) is 22.4 Å². The highest BCUT2D eigenvalue weighted by atomic mass is 16.2. The van der Waals surface area contributed by atoms with Gasteiger partial charge in [-0.25, -0.2) is 4.98 Å². The van der Waals surface area contributed by atoms with Gasteiger partial charge in [0.1, 0.15) is 5.82 Å². The maximum Gasteiger partial charge on any atom is 0.279 e. The maximum absolute atomic E-state index is 14.2. The Hall–Kier alpha value is -3.60. The van der Waals surface area contributed by atoms with E-state index in [1.54, 1.807) is 0 Å². The molecule has 1 amide bonds. The standard InChI is InChI=1S/C25H22N4O/c1-3-14-28-21-13-12-16(2)15-18(21)25(24(28)30)27-19-9-5-4-8-17(19)23-26-20-10-6-7-11-22(20)29(23)25/h4-13,15,27H,3,14H2,1-2H3. The van der Waals surface area contributed by atoms with Crippen molar-refractivity contribution in [1.82, 2.24) is 9.55 Å². The molecule has 148 valence electrons. The number of hydrogen-bond acceptors (Lipinski definition) is 3. The van der Waals surface area contributed by atoms with Crippen LogP contribution in [0, 0.1) is 6.92 Å². The molecular formula is C25H22N4O. The number of benzene rings is 3. The first kappa shape index (κ1) is 17.3. The largest absolute Gasteiger partial charge is 0.350 e. The van der Waals surface area contributed by atoms with Crippen LogP contribution in [-0.2, 0) is 10.5 Å². The lowest BCUT2D eigenvalue weighted by Gasteiger charge is -2.38. The highest BCUT2D eigenvalue weighted by Gasteiger charge is 2.56. The maximum atomic E-state index is 14.2. The number of anilines is 2. The molecule has 0 saturated heterocycles. The average molecular weight is 394 g/mol. The summed E-state index contributed by atoms with van der Waals surface area (Å²) in [6, 6.07) is 22.5. The minimum atomic E-state index is -1.05. The van der Waals surface area contributed by atoms with Gasteiger partial charge >= 0.3 is 0 Å². The van der Waals surface area contributed by atoms with Crippen molar-refractivity contribution in [3.05, 3.63) is 77.9 Å². The van der Waals surface area contributed by atoms with Crippen LogP contribution in [0.3, 0.4) is 0 Å². The number of rotatable bonds is 2. The van der Waals surface area contributed by atoms with Gasteiger partial charge in [-0.2, -0.15) is 0 Å². The highest BCUT2D eigenvalue weighted by Crippen LogP contribution is 2.50. The van der Waals surface area contributed by atoms with E-state index >= 15 is 0 Å². The van der Waals surface area contributed by atoms with E-state index in [9.17, 15) is 4.79 Å². The Balaban J connectivity index is 1.76. The Bertz CT molecular complexity index is 1340. The molecule has 5 heteroatoms. The molecule has 0 bridgehead atoms. The van der Waals surface area contributed by atoms with E-state index in [0.717, 1.165) is 51.3 Å². The van der Waals surface area contributed by atoms with Crippen molar-refractivity contribution in [2.75, 3.05) is 16.8 Å². The fourth-order valence-electron chi connectivity index (χ4n) is 4.96. The first-order valence-electron chi connectivity index (χ1n) is 10.4. The zero-order valence-corrected chi connectivity index (χ0v) is 17.0. The summed E-state index contributed by atoms with van der Waals surface area (Å²) in [4.78, 5) is 21.1. The van der Waals surface area contributed by atoms with Gasteiger partial charge in [-0.3, -0.25) is 9.36 Å². The third-order valence-electron chi connectivity index (χ3n) is 6.21. The summed E-state index contributed by atoms with van der Waals surface area (Å²) < 4.78 is 2.11. The summed E-state index contributed by atoms with van der Waals surface area (Å²) in [5.41, 5.74) is 5.83. The lowest BCUT2D eigenvalue weighted by molar-refractivity contribution is -0.123. The number of imidazole rings is 1. The number of carbonyl (C=O) groups excluding carboxylic acids is 1. The molecule has 1 unspecified atom stereocenters. The lowest BCUT2D eigenvalue weighted by Crippen LogP contribution is -2.53. The number of para-hydroxylation sites is 3. The van der Waals surface area contributed by atoms with E-state index in [-0.39, 0.29) is 5.91 Å². The molecule has 1 spiro atoms. The molecule has 2 aliphatic heterocycles. The quantitative estimate of drug-likeness (QED) is 0.526. The molecule has 0 fully saturated rings. The molecule has 6 rings (SSSR count). The number of carbonyl (C=O) groups is 1. The van der Waals surface area contributed by atoms with Crippen LogP contribution in [0.1, 0.15) is 24.5 Å². The third-order valence-corrected chi connectivity index (χ3v) is 6.21. The zero-order chi connectivity index (χ0) is 20.5. The van der Waals surface area contributed by atoms with Gasteiger partial charge in [-0.05, 0) is 49.7 Å². The van der Waals surface area contributed by atoms with Crippen molar-refractivity contribution < 1.29 is 4.79 Å². The number of nitrogens with zero attached hydrogens (tertiary/aromatic N) is 3. The van der Waals surface area contributed by atoms with Crippen LogP contribution in [-0.4, -0.2) is 22.0 Å². The van der Waals surface area contributed by atoms with E-state index < -0.39 is 5.66 Å². The fourth-order valence-corrected chi connectivity index (χ4v) is 4.96. The van der Waals surface area contributed by atoms with Crippen molar-refractivity contribution in [2.45, 2.75) is 25.9 Å². The van der Waals surface area contributed by atoms with Gasteiger partial charge in [0.05, 0.1) is 16.7 Å². The summed E-state index contributed by atoms with van der Waals surface area (Å²) in [6.07, 6.45) is 0.892. The highest BCUT2D eigenvalue weighted by molar-refractivity contribution is 6.12. The molecule has 0 aliphatic carbocycles. The van der Waals surface area contributed by atoms with Crippen molar-refractivity contribution in [3.63, 3.8) is 0 Å². The Morgan fingerprint density at radius 1 is 1.03 bits per heavy atom. The minimum absolute atomic E-state index is 0.0452.